The van der Waals surface area contributed by atoms with Crippen LogP contribution in [-0.4, -0.2) is 70.1 Å². The second-order valence-corrected chi connectivity index (χ2v) is 6.49. The SMILES string of the molecule is Cn1cc(CN2CCN(C[C@H](O)COc3ccccc3F)CC2)cn1. The molecule has 1 aromatic heterocycles. The lowest BCUT2D eigenvalue weighted by molar-refractivity contribution is 0.0437. The number of halogens is 1. The predicted octanol–water partition coefficient (Wildman–Crippen LogP) is 1.12. The van der Waals surface area contributed by atoms with Crippen LogP contribution in [0.1, 0.15) is 5.56 Å². The molecule has 1 aromatic carbocycles. The van der Waals surface area contributed by atoms with Gasteiger partial charge in [0.2, 0.25) is 0 Å². The van der Waals surface area contributed by atoms with Gasteiger partial charge in [-0.1, -0.05) is 12.1 Å². The van der Waals surface area contributed by atoms with Crippen LogP contribution in [0, 0.1) is 5.82 Å². The summed E-state index contributed by atoms with van der Waals surface area (Å²) in [7, 11) is 1.92. The Labute approximate surface area is 147 Å². The summed E-state index contributed by atoms with van der Waals surface area (Å²) in [4.78, 5) is 4.60. The lowest BCUT2D eigenvalue weighted by Gasteiger charge is -2.35. The standard InChI is InChI=1S/C18H25FN4O2/c1-21-11-15(10-20-21)12-22-6-8-23(9-7-22)13-16(24)14-25-18-5-3-2-4-17(18)19/h2-5,10-11,16,24H,6-9,12-14H2,1H3/t16-/m0/s1. The molecular weight excluding hydrogens is 323 g/mol. The highest BCUT2D eigenvalue weighted by Crippen LogP contribution is 2.15. The van der Waals surface area contributed by atoms with Gasteiger partial charge in [0.25, 0.3) is 0 Å². The molecule has 1 aliphatic heterocycles. The maximum atomic E-state index is 13.5. The Hall–Kier alpha value is -1.96. The Morgan fingerprint density at radius 1 is 1.20 bits per heavy atom. The summed E-state index contributed by atoms with van der Waals surface area (Å²) in [5, 5.41) is 14.3. The summed E-state index contributed by atoms with van der Waals surface area (Å²) < 4.78 is 20.7. The quantitative estimate of drug-likeness (QED) is 0.813. The molecule has 25 heavy (non-hydrogen) atoms. The van der Waals surface area contributed by atoms with Crippen LogP contribution in [0.15, 0.2) is 36.7 Å². The van der Waals surface area contributed by atoms with Gasteiger partial charge >= 0.3 is 0 Å². The van der Waals surface area contributed by atoms with E-state index in [9.17, 15) is 9.50 Å². The van der Waals surface area contributed by atoms with Gasteiger partial charge in [-0.25, -0.2) is 4.39 Å². The topological polar surface area (TPSA) is 53.8 Å². The molecule has 136 valence electrons. The number of benzene rings is 1. The first-order valence-electron chi connectivity index (χ1n) is 8.58. The summed E-state index contributed by atoms with van der Waals surface area (Å²) in [6.07, 6.45) is 3.30. The fourth-order valence-corrected chi connectivity index (χ4v) is 3.04. The Balaban J connectivity index is 1.37. The zero-order chi connectivity index (χ0) is 17.6. The monoisotopic (exact) mass is 348 g/mol. The van der Waals surface area contributed by atoms with Crippen LogP contribution >= 0.6 is 0 Å². The third-order valence-electron chi connectivity index (χ3n) is 4.37. The second-order valence-electron chi connectivity index (χ2n) is 6.49. The number of aliphatic hydroxyl groups is 1. The van der Waals surface area contributed by atoms with Crippen LogP contribution in [0.25, 0.3) is 0 Å². The first-order valence-corrected chi connectivity index (χ1v) is 8.58. The van der Waals surface area contributed by atoms with Gasteiger partial charge in [-0.05, 0) is 12.1 Å². The molecule has 0 amide bonds. The van der Waals surface area contributed by atoms with E-state index >= 15 is 0 Å². The smallest absolute Gasteiger partial charge is 0.165 e. The van der Waals surface area contributed by atoms with Crippen molar-refractivity contribution in [1.82, 2.24) is 19.6 Å². The van der Waals surface area contributed by atoms with E-state index in [2.05, 4.69) is 14.9 Å². The van der Waals surface area contributed by atoms with Crippen molar-refractivity contribution in [2.45, 2.75) is 12.6 Å². The largest absolute Gasteiger partial charge is 0.488 e. The normalized spacial score (nSPS) is 17.6. The number of piperazine rings is 1. The van der Waals surface area contributed by atoms with Crippen molar-refractivity contribution in [3.63, 3.8) is 0 Å². The summed E-state index contributed by atoms with van der Waals surface area (Å²) in [6, 6.07) is 6.25. The molecular formula is C18H25FN4O2. The zero-order valence-corrected chi connectivity index (χ0v) is 14.5. The van der Waals surface area contributed by atoms with E-state index in [1.807, 2.05) is 24.1 Å². The van der Waals surface area contributed by atoms with Crippen molar-refractivity contribution in [3.8, 4) is 5.75 Å². The third kappa shape index (κ3) is 5.26. The highest BCUT2D eigenvalue weighted by Gasteiger charge is 2.20. The summed E-state index contributed by atoms with van der Waals surface area (Å²) >= 11 is 0. The Morgan fingerprint density at radius 2 is 1.92 bits per heavy atom. The van der Waals surface area contributed by atoms with Crippen molar-refractivity contribution >= 4 is 0 Å². The summed E-state index contributed by atoms with van der Waals surface area (Å²) in [5.74, 6) is -0.221. The maximum absolute atomic E-state index is 13.5. The van der Waals surface area contributed by atoms with Crippen molar-refractivity contribution in [3.05, 3.63) is 48.0 Å². The van der Waals surface area contributed by atoms with Crippen LogP contribution in [0.4, 0.5) is 4.39 Å². The summed E-state index contributed by atoms with van der Waals surface area (Å²) in [5.41, 5.74) is 1.22. The fraction of sp³-hybridized carbons (Fsp3) is 0.500. The first-order chi connectivity index (χ1) is 12.1. The number of β-amino-alcohol motifs (C(OH)–C–C–N with tert-alkyl or cyclic N) is 1. The van der Waals surface area contributed by atoms with Crippen LogP contribution in [0.5, 0.6) is 5.75 Å². The summed E-state index contributed by atoms with van der Waals surface area (Å²) in [6.45, 7) is 5.24. The molecule has 0 radical (unpaired) electrons. The van der Waals surface area contributed by atoms with E-state index in [0.717, 1.165) is 32.7 Å². The molecule has 3 rings (SSSR count). The zero-order valence-electron chi connectivity index (χ0n) is 14.5. The number of hydrogen-bond acceptors (Lipinski definition) is 5. The predicted molar refractivity (Wildman–Crippen MR) is 92.8 cm³/mol. The number of aryl methyl sites for hydroxylation is 1. The highest BCUT2D eigenvalue weighted by atomic mass is 19.1. The van der Waals surface area contributed by atoms with Crippen molar-refractivity contribution in [2.75, 3.05) is 39.3 Å². The van der Waals surface area contributed by atoms with Crippen LogP contribution in [-0.2, 0) is 13.6 Å². The molecule has 2 heterocycles. The molecule has 0 aliphatic carbocycles. The van der Waals surface area contributed by atoms with Gasteiger partial charge in [0.05, 0.1) is 6.20 Å². The van der Waals surface area contributed by atoms with E-state index in [1.165, 1.54) is 11.6 Å². The number of ether oxygens (including phenoxy) is 1. The lowest BCUT2D eigenvalue weighted by atomic mass is 10.2. The van der Waals surface area contributed by atoms with E-state index in [4.69, 9.17) is 4.74 Å². The van der Waals surface area contributed by atoms with E-state index in [1.54, 1.807) is 18.2 Å². The molecule has 0 saturated carbocycles. The van der Waals surface area contributed by atoms with Crippen molar-refractivity contribution < 1.29 is 14.2 Å². The average molecular weight is 348 g/mol. The van der Waals surface area contributed by atoms with Gasteiger partial charge in [0.15, 0.2) is 11.6 Å². The van der Waals surface area contributed by atoms with Crippen LogP contribution < -0.4 is 4.74 Å². The number of nitrogens with zero attached hydrogens (tertiary/aromatic N) is 4. The van der Waals surface area contributed by atoms with Gasteiger partial charge in [-0.3, -0.25) is 14.5 Å². The van der Waals surface area contributed by atoms with Gasteiger partial charge < -0.3 is 9.84 Å². The lowest BCUT2D eigenvalue weighted by Crippen LogP contribution is -2.48. The Kier molecular flexibility index (Phi) is 6.01. The second kappa shape index (κ2) is 8.42. The van der Waals surface area contributed by atoms with E-state index in [-0.39, 0.29) is 12.4 Å². The molecule has 2 aromatic rings. The minimum absolute atomic E-state index is 0.0941. The van der Waals surface area contributed by atoms with Gasteiger partial charge in [0.1, 0.15) is 12.7 Å². The molecule has 1 N–H and O–H groups in total. The molecule has 7 heteroatoms. The molecule has 1 aliphatic rings. The van der Waals surface area contributed by atoms with Gasteiger partial charge in [0, 0.05) is 58.1 Å². The number of aliphatic hydroxyl groups excluding tert-OH is 1. The first kappa shape index (κ1) is 17.8. The third-order valence-corrected chi connectivity index (χ3v) is 4.37. The van der Waals surface area contributed by atoms with Crippen molar-refractivity contribution in [1.29, 1.82) is 0 Å². The van der Waals surface area contributed by atoms with Gasteiger partial charge in [-0.2, -0.15) is 5.10 Å². The Bertz CT molecular complexity index is 671. The average Bonchev–Trinajstić information content (AvgIpc) is 3.01. The number of rotatable bonds is 7. The number of aromatic nitrogens is 2. The molecule has 6 nitrogen and oxygen atoms in total. The number of hydrogen-bond donors (Lipinski definition) is 1. The molecule has 0 unspecified atom stereocenters. The fourth-order valence-electron chi connectivity index (χ4n) is 3.04. The van der Waals surface area contributed by atoms with Crippen LogP contribution in [0.3, 0.4) is 0 Å². The minimum Gasteiger partial charge on any atom is -0.488 e. The molecule has 1 fully saturated rings. The molecule has 0 spiro atoms. The highest BCUT2D eigenvalue weighted by molar-refractivity contribution is 5.23. The van der Waals surface area contributed by atoms with E-state index in [0.29, 0.717) is 6.54 Å². The molecule has 1 atom stereocenters. The van der Waals surface area contributed by atoms with Gasteiger partial charge in [-0.15, -0.1) is 0 Å². The van der Waals surface area contributed by atoms with Crippen LogP contribution in [0.2, 0.25) is 0 Å². The van der Waals surface area contributed by atoms with Crippen molar-refractivity contribution in [2.24, 2.45) is 7.05 Å². The number of para-hydroxylation sites is 1. The minimum atomic E-state index is -0.635. The van der Waals surface area contributed by atoms with E-state index < -0.39 is 11.9 Å². The molecule has 0 bridgehead atoms. The maximum Gasteiger partial charge on any atom is 0.165 e. The Morgan fingerprint density at radius 3 is 2.60 bits per heavy atom. The molecule has 1 saturated heterocycles.